The maximum atomic E-state index is 4.54. The number of rotatable bonds is 3. The van der Waals surface area contributed by atoms with Gasteiger partial charge in [0.1, 0.15) is 0 Å². The van der Waals surface area contributed by atoms with Crippen LogP contribution in [0.15, 0.2) is 37.4 Å². The van der Waals surface area contributed by atoms with Crippen LogP contribution in [0.2, 0.25) is 0 Å². The molecular formula is C14H14N2. The van der Waals surface area contributed by atoms with Gasteiger partial charge in [-0.15, -0.1) is 0 Å². The first-order chi connectivity index (χ1) is 7.81. The third-order valence-corrected chi connectivity index (χ3v) is 2.61. The highest BCUT2D eigenvalue weighted by atomic mass is 14.8. The highest BCUT2D eigenvalue weighted by Crippen LogP contribution is 2.29. The Balaban J connectivity index is 2.93. The van der Waals surface area contributed by atoms with Gasteiger partial charge in [-0.1, -0.05) is 37.4 Å². The molecule has 2 aromatic rings. The fourth-order valence-electron chi connectivity index (χ4n) is 1.88. The normalized spacial score (nSPS) is 10.1. The van der Waals surface area contributed by atoms with Gasteiger partial charge in [0.05, 0.1) is 16.9 Å². The van der Waals surface area contributed by atoms with E-state index >= 15 is 0 Å². The van der Waals surface area contributed by atoms with Crippen LogP contribution in [0.4, 0.5) is 5.69 Å². The Morgan fingerprint density at radius 1 is 1.19 bits per heavy atom. The van der Waals surface area contributed by atoms with Crippen LogP contribution in [0.3, 0.4) is 0 Å². The second-order valence-corrected chi connectivity index (χ2v) is 3.46. The first-order valence-electron chi connectivity index (χ1n) is 5.17. The molecule has 1 aromatic carbocycles. The van der Waals surface area contributed by atoms with Gasteiger partial charge >= 0.3 is 0 Å². The summed E-state index contributed by atoms with van der Waals surface area (Å²) in [7, 11) is 1.90. The van der Waals surface area contributed by atoms with Crippen molar-refractivity contribution in [3.63, 3.8) is 0 Å². The van der Waals surface area contributed by atoms with Crippen molar-refractivity contribution in [2.75, 3.05) is 12.4 Å². The van der Waals surface area contributed by atoms with E-state index in [1.165, 1.54) is 0 Å². The SMILES string of the molecule is C=Cc1nc2ccccc2c(NC)c1C=C. The van der Waals surface area contributed by atoms with Gasteiger partial charge in [-0.3, -0.25) is 0 Å². The minimum absolute atomic E-state index is 0.859. The fraction of sp³-hybridized carbons (Fsp3) is 0.0714. The second-order valence-electron chi connectivity index (χ2n) is 3.46. The highest BCUT2D eigenvalue weighted by molar-refractivity contribution is 5.97. The van der Waals surface area contributed by atoms with Crippen molar-refractivity contribution in [1.29, 1.82) is 0 Å². The Labute approximate surface area is 95.3 Å². The van der Waals surface area contributed by atoms with Gasteiger partial charge in [0.25, 0.3) is 0 Å². The summed E-state index contributed by atoms with van der Waals surface area (Å²) in [5, 5.41) is 4.31. The molecule has 0 saturated heterocycles. The van der Waals surface area contributed by atoms with E-state index in [1.807, 2.05) is 37.4 Å². The summed E-state index contributed by atoms with van der Waals surface area (Å²) in [4.78, 5) is 4.54. The number of aromatic nitrogens is 1. The predicted molar refractivity (Wildman–Crippen MR) is 71.5 cm³/mol. The number of anilines is 1. The van der Waals surface area contributed by atoms with E-state index < -0.39 is 0 Å². The van der Waals surface area contributed by atoms with E-state index in [1.54, 1.807) is 6.08 Å². The number of hydrogen-bond donors (Lipinski definition) is 1. The summed E-state index contributed by atoms with van der Waals surface area (Å²) >= 11 is 0. The van der Waals surface area contributed by atoms with E-state index in [4.69, 9.17) is 0 Å². The number of hydrogen-bond acceptors (Lipinski definition) is 2. The molecule has 1 N–H and O–H groups in total. The van der Waals surface area contributed by atoms with Gasteiger partial charge in [0.2, 0.25) is 0 Å². The van der Waals surface area contributed by atoms with Crippen LogP contribution in [-0.2, 0) is 0 Å². The standard InChI is InChI=1S/C14H14N2/c1-4-10-12(5-2)16-13-9-7-6-8-11(13)14(10)15-3/h4-9H,1-2H2,3H3,(H,15,16). The Morgan fingerprint density at radius 2 is 1.94 bits per heavy atom. The third kappa shape index (κ3) is 1.48. The maximum Gasteiger partial charge on any atom is 0.0730 e. The van der Waals surface area contributed by atoms with E-state index in [9.17, 15) is 0 Å². The average Bonchev–Trinajstić information content (AvgIpc) is 2.36. The van der Waals surface area contributed by atoms with E-state index in [2.05, 4.69) is 23.5 Å². The van der Waals surface area contributed by atoms with Gasteiger partial charge in [0, 0.05) is 18.0 Å². The van der Waals surface area contributed by atoms with E-state index in [0.717, 1.165) is 27.8 Å². The largest absolute Gasteiger partial charge is 0.387 e. The Bertz CT molecular complexity index is 556. The lowest BCUT2D eigenvalue weighted by atomic mass is 10.1. The molecule has 1 aromatic heterocycles. The zero-order valence-corrected chi connectivity index (χ0v) is 9.33. The van der Waals surface area contributed by atoms with Crippen molar-refractivity contribution in [1.82, 2.24) is 4.98 Å². The van der Waals surface area contributed by atoms with Crippen molar-refractivity contribution < 1.29 is 0 Å². The molecule has 80 valence electrons. The fourth-order valence-corrected chi connectivity index (χ4v) is 1.88. The quantitative estimate of drug-likeness (QED) is 0.837. The number of nitrogens with one attached hydrogen (secondary N) is 1. The predicted octanol–water partition coefficient (Wildman–Crippen LogP) is 3.56. The lowest BCUT2D eigenvalue weighted by Crippen LogP contribution is -1.98. The lowest BCUT2D eigenvalue weighted by Gasteiger charge is -2.12. The van der Waals surface area contributed by atoms with E-state index in [0.29, 0.717) is 0 Å². The van der Waals surface area contributed by atoms with Crippen LogP contribution in [0.1, 0.15) is 11.3 Å². The Kier molecular flexibility index (Phi) is 2.73. The zero-order chi connectivity index (χ0) is 11.5. The van der Waals surface area contributed by atoms with Crippen molar-refractivity contribution in [3.05, 3.63) is 48.7 Å². The van der Waals surface area contributed by atoms with Crippen LogP contribution >= 0.6 is 0 Å². The molecule has 0 unspecified atom stereocenters. The summed E-state index contributed by atoms with van der Waals surface area (Å²) in [6, 6.07) is 8.03. The summed E-state index contributed by atoms with van der Waals surface area (Å²) < 4.78 is 0. The molecule has 0 aliphatic rings. The van der Waals surface area contributed by atoms with Crippen LogP contribution < -0.4 is 5.32 Å². The topological polar surface area (TPSA) is 24.9 Å². The molecule has 0 spiro atoms. The highest BCUT2D eigenvalue weighted by Gasteiger charge is 2.08. The molecule has 0 atom stereocenters. The van der Waals surface area contributed by atoms with Gasteiger partial charge in [0.15, 0.2) is 0 Å². The third-order valence-electron chi connectivity index (χ3n) is 2.61. The van der Waals surface area contributed by atoms with Crippen LogP contribution in [0, 0.1) is 0 Å². The first-order valence-corrected chi connectivity index (χ1v) is 5.17. The molecule has 2 nitrogen and oxygen atoms in total. The van der Waals surface area contributed by atoms with Crippen molar-refractivity contribution >= 4 is 28.7 Å². The smallest absolute Gasteiger partial charge is 0.0730 e. The van der Waals surface area contributed by atoms with Gasteiger partial charge in [-0.05, 0) is 12.1 Å². The number of fused-ring (bicyclic) bond motifs is 1. The molecule has 0 aliphatic heterocycles. The molecule has 16 heavy (non-hydrogen) atoms. The minimum atomic E-state index is 0.859. The Hall–Kier alpha value is -2.09. The van der Waals surface area contributed by atoms with Crippen LogP contribution in [-0.4, -0.2) is 12.0 Å². The number of pyridine rings is 1. The summed E-state index contributed by atoms with van der Waals surface area (Å²) in [5.74, 6) is 0. The average molecular weight is 210 g/mol. The number of benzene rings is 1. The molecule has 1 heterocycles. The first kappa shape index (κ1) is 10.4. The molecule has 0 saturated carbocycles. The molecule has 2 heteroatoms. The molecule has 0 radical (unpaired) electrons. The Morgan fingerprint density at radius 3 is 2.56 bits per heavy atom. The van der Waals surface area contributed by atoms with Crippen molar-refractivity contribution in [3.8, 4) is 0 Å². The van der Waals surface area contributed by atoms with Gasteiger partial charge in [-0.25, -0.2) is 4.98 Å². The molecular weight excluding hydrogens is 196 g/mol. The van der Waals surface area contributed by atoms with Crippen LogP contribution in [0.25, 0.3) is 23.1 Å². The summed E-state index contributed by atoms with van der Waals surface area (Å²) in [6.07, 6.45) is 3.56. The number of nitrogens with zero attached hydrogens (tertiary/aromatic N) is 1. The van der Waals surface area contributed by atoms with Crippen molar-refractivity contribution in [2.24, 2.45) is 0 Å². The lowest BCUT2D eigenvalue weighted by molar-refractivity contribution is 1.34. The van der Waals surface area contributed by atoms with Gasteiger partial charge < -0.3 is 5.32 Å². The molecule has 0 bridgehead atoms. The van der Waals surface area contributed by atoms with Gasteiger partial charge in [-0.2, -0.15) is 0 Å². The van der Waals surface area contributed by atoms with Crippen LogP contribution in [0.5, 0.6) is 0 Å². The summed E-state index contributed by atoms with van der Waals surface area (Å²) in [6.45, 7) is 7.61. The second kappa shape index (κ2) is 4.19. The van der Waals surface area contributed by atoms with E-state index in [-0.39, 0.29) is 0 Å². The monoisotopic (exact) mass is 210 g/mol. The number of para-hydroxylation sites is 1. The molecule has 2 rings (SSSR count). The minimum Gasteiger partial charge on any atom is -0.387 e. The van der Waals surface area contributed by atoms with Crippen molar-refractivity contribution in [2.45, 2.75) is 0 Å². The molecule has 0 aliphatic carbocycles. The zero-order valence-electron chi connectivity index (χ0n) is 9.33. The summed E-state index contributed by atoms with van der Waals surface area (Å²) in [5.41, 5.74) is 3.87. The molecule has 0 fully saturated rings. The maximum absolute atomic E-state index is 4.54. The molecule has 0 amide bonds.